The van der Waals surface area contributed by atoms with E-state index >= 15 is 0 Å². The van der Waals surface area contributed by atoms with E-state index in [1.165, 1.54) is 0 Å². The molecule has 7 nitrogen and oxygen atoms in total. The van der Waals surface area contributed by atoms with Crippen molar-refractivity contribution in [3.63, 3.8) is 0 Å². The molecule has 0 radical (unpaired) electrons. The van der Waals surface area contributed by atoms with Crippen molar-refractivity contribution in [2.75, 3.05) is 11.4 Å². The SMILES string of the molecule is CC1(C)CN(C(=O)c2ccc(CN3C(=O)c4ccc(Cl)cc4CC(=O)[C@H]3Cc3ccccn3)cc2Cl)c2ncccc21. The van der Waals surface area contributed by atoms with Gasteiger partial charge in [0.15, 0.2) is 5.78 Å². The zero-order chi connectivity index (χ0) is 29.6. The Balaban J connectivity index is 1.32. The average Bonchev–Trinajstić information content (AvgIpc) is 3.21. The third-order valence-electron chi connectivity index (χ3n) is 7.99. The molecule has 0 spiro atoms. The van der Waals surface area contributed by atoms with Crippen LogP contribution in [0.15, 0.2) is 79.1 Å². The van der Waals surface area contributed by atoms with Gasteiger partial charge in [-0.1, -0.05) is 55.2 Å². The van der Waals surface area contributed by atoms with Gasteiger partial charge in [-0.25, -0.2) is 4.98 Å². The fourth-order valence-corrected chi connectivity index (χ4v) is 6.33. The van der Waals surface area contributed by atoms with Gasteiger partial charge in [0.05, 0.1) is 16.6 Å². The Hall–Kier alpha value is -4.07. The van der Waals surface area contributed by atoms with E-state index in [1.807, 2.05) is 30.3 Å². The lowest BCUT2D eigenvalue weighted by Gasteiger charge is -2.29. The molecule has 9 heteroatoms. The molecule has 2 aliphatic rings. The van der Waals surface area contributed by atoms with Gasteiger partial charge < -0.3 is 4.90 Å². The van der Waals surface area contributed by atoms with Crippen LogP contribution in [0.1, 0.15) is 56.9 Å². The number of carbonyl (C=O) groups excluding carboxylic acids is 3. The van der Waals surface area contributed by atoms with E-state index in [1.54, 1.807) is 58.6 Å². The van der Waals surface area contributed by atoms with Gasteiger partial charge >= 0.3 is 0 Å². The van der Waals surface area contributed by atoms with E-state index in [2.05, 4.69) is 23.8 Å². The number of Topliss-reactive ketones (excluding diaryl/α,β-unsaturated/α-hetero) is 1. The van der Waals surface area contributed by atoms with Crippen LogP contribution in [0.4, 0.5) is 5.82 Å². The molecule has 1 atom stereocenters. The van der Waals surface area contributed by atoms with Crippen molar-refractivity contribution in [3.05, 3.63) is 123 Å². The molecule has 2 aliphatic heterocycles. The summed E-state index contributed by atoms with van der Waals surface area (Å²) in [6.07, 6.45) is 3.71. The summed E-state index contributed by atoms with van der Waals surface area (Å²) in [6.45, 7) is 4.77. The van der Waals surface area contributed by atoms with Crippen LogP contribution in [0.2, 0.25) is 10.0 Å². The predicted molar refractivity (Wildman–Crippen MR) is 162 cm³/mol. The van der Waals surface area contributed by atoms with E-state index < -0.39 is 6.04 Å². The molecule has 0 saturated heterocycles. The highest BCUT2D eigenvalue weighted by atomic mass is 35.5. The van der Waals surface area contributed by atoms with Crippen LogP contribution in [-0.2, 0) is 29.6 Å². The maximum Gasteiger partial charge on any atom is 0.260 e. The van der Waals surface area contributed by atoms with Crippen molar-refractivity contribution in [2.24, 2.45) is 0 Å². The van der Waals surface area contributed by atoms with Crippen molar-refractivity contribution >= 4 is 46.6 Å². The van der Waals surface area contributed by atoms with Gasteiger partial charge in [-0.3, -0.25) is 24.3 Å². The van der Waals surface area contributed by atoms with Crippen molar-refractivity contribution in [3.8, 4) is 0 Å². The van der Waals surface area contributed by atoms with Crippen LogP contribution in [0.3, 0.4) is 0 Å². The largest absolute Gasteiger partial charge is 0.324 e. The lowest BCUT2D eigenvalue weighted by molar-refractivity contribution is -0.122. The van der Waals surface area contributed by atoms with Crippen LogP contribution in [-0.4, -0.2) is 45.1 Å². The summed E-state index contributed by atoms with van der Waals surface area (Å²) in [5, 5.41) is 0.733. The maximum absolute atomic E-state index is 13.9. The molecule has 0 N–H and O–H groups in total. The topological polar surface area (TPSA) is 83.5 Å². The zero-order valence-corrected chi connectivity index (χ0v) is 24.7. The summed E-state index contributed by atoms with van der Waals surface area (Å²) in [5.41, 5.74) is 3.56. The number of anilines is 1. The number of pyridine rings is 2. The highest BCUT2D eigenvalue weighted by Crippen LogP contribution is 2.40. The first-order valence-electron chi connectivity index (χ1n) is 13.7. The number of ketones is 1. The first-order chi connectivity index (χ1) is 20.1. The van der Waals surface area contributed by atoms with Crippen LogP contribution in [0.5, 0.6) is 0 Å². The third kappa shape index (κ3) is 5.19. The van der Waals surface area contributed by atoms with E-state index in [0.29, 0.717) is 45.3 Å². The first kappa shape index (κ1) is 28.1. The summed E-state index contributed by atoms with van der Waals surface area (Å²) in [5.74, 6) is 0.0248. The Morgan fingerprint density at radius 2 is 1.79 bits per heavy atom. The van der Waals surface area contributed by atoms with E-state index in [0.717, 1.165) is 5.56 Å². The number of aromatic nitrogens is 2. The number of rotatable bonds is 5. The Morgan fingerprint density at radius 3 is 2.55 bits per heavy atom. The molecule has 0 bridgehead atoms. The molecule has 4 aromatic rings. The van der Waals surface area contributed by atoms with Crippen LogP contribution >= 0.6 is 23.2 Å². The molecule has 0 unspecified atom stereocenters. The predicted octanol–water partition coefficient (Wildman–Crippen LogP) is 6.10. The lowest BCUT2D eigenvalue weighted by atomic mass is 9.88. The van der Waals surface area contributed by atoms with Crippen molar-refractivity contribution in [1.82, 2.24) is 14.9 Å². The van der Waals surface area contributed by atoms with Crippen molar-refractivity contribution in [1.29, 1.82) is 0 Å². The van der Waals surface area contributed by atoms with Crippen LogP contribution in [0, 0.1) is 0 Å². The summed E-state index contributed by atoms with van der Waals surface area (Å²) < 4.78 is 0. The van der Waals surface area contributed by atoms with E-state index in [4.69, 9.17) is 23.2 Å². The minimum Gasteiger partial charge on any atom is -0.324 e. The molecule has 0 saturated carbocycles. The number of hydrogen-bond donors (Lipinski definition) is 0. The number of hydrogen-bond acceptors (Lipinski definition) is 5. The molecular formula is C33H28Cl2N4O3. The molecule has 6 rings (SSSR count). The molecule has 42 heavy (non-hydrogen) atoms. The molecule has 0 aliphatic carbocycles. The smallest absolute Gasteiger partial charge is 0.260 e. The molecule has 212 valence electrons. The lowest BCUT2D eigenvalue weighted by Crippen LogP contribution is -2.45. The Kier molecular flexibility index (Phi) is 7.33. The number of halogens is 2. The number of nitrogens with zero attached hydrogens (tertiary/aromatic N) is 4. The van der Waals surface area contributed by atoms with E-state index in [9.17, 15) is 14.4 Å². The van der Waals surface area contributed by atoms with E-state index in [-0.39, 0.29) is 47.4 Å². The number of amides is 2. The molecule has 0 fully saturated rings. The second-order valence-electron chi connectivity index (χ2n) is 11.4. The van der Waals surface area contributed by atoms with Crippen molar-refractivity contribution in [2.45, 2.75) is 44.7 Å². The maximum atomic E-state index is 13.9. The van der Waals surface area contributed by atoms with Gasteiger partial charge in [0.1, 0.15) is 5.82 Å². The Bertz CT molecular complexity index is 1720. The summed E-state index contributed by atoms with van der Waals surface area (Å²) in [4.78, 5) is 53.3. The van der Waals surface area contributed by atoms with Gasteiger partial charge in [0.25, 0.3) is 11.8 Å². The minimum atomic E-state index is -0.743. The molecule has 2 aromatic heterocycles. The Labute approximate surface area is 254 Å². The molecular weight excluding hydrogens is 571 g/mol. The fourth-order valence-electron chi connectivity index (χ4n) is 5.85. The zero-order valence-electron chi connectivity index (χ0n) is 23.2. The van der Waals surface area contributed by atoms with Crippen LogP contribution < -0.4 is 4.90 Å². The quantitative estimate of drug-likeness (QED) is 0.277. The highest BCUT2D eigenvalue weighted by molar-refractivity contribution is 6.34. The minimum absolute atomic E-state index is 0.0888. The van der Waals surface area contributed by atoms with Gasteiger partial charge in [-0.2, -0.15) is 0 Å². The number of benzene rings is 2. The fraction of sp³-hybridized carbons (Fsp3) is 0.242. The second-order valence-corrected chi connectivity index (χ2v) is 12.2. The first-order valence-corrected chi connectivity index (χ1v) is 14.5. The summed E-state index contributed by atoms with van der Waals surface area (Å²) in [7, 11) is 0. The molecule has 2 amide bonds. The van der Waals surface area contributed by atoms with Gasteiger partial charge in [0.2, 0.25) is 0 Å². The normalized spacial score (nSPS) is 17.6. The van der Waals surface area contributed by atoms with Gasteiger partial charge in [-0.05, 0) is 59.7 Å². The summed E-state index contributed by atoms with van der Waals surface area (Å²) in [6, 6.07) is 18.8. The van der Waals surface area contributed by atoms with Crippen molar-refractivity contribution < 1.29 is 14.4 Å². The molecule has 4 heterocycles. The van der Waals surface area contributed by atoms with Gasteiger partial charge in [0, 0.05) is 65.6 Å². The van der Waals surface area contributed by atoms with Crippen LogP contribution in [0.25, 0.3) is 0 Å². The second kappa shape index (κ2) is 11.0. The third-order valence-corrected chi connectivity index (χ3v) is 8.53. The number of carbonyl (C=O) groups is 3. The number of fused-ring (bicyclic) bond motifs is 2. The summed E-state index contributed by atoms with van der Waals surface area (Å²) >= 11 is 12.9. The average molecular weight is 600 g/mol. The monoisotopic (exact) mass is 598 g/mol. The van der Waals surface area contributed by atoms with Gasteiger partial charge in [-0.15, -0.1) is 0 Å². The Morgan fingerprint density at radius 1 is 0.976 bits per heavy atom. The molecule has 2 aromatic carbocycles. The standard InChI is InChI=1S/C33H28Cl2N4O3/c1-33(2)19-39(30-26(33)7-5-13-37-30)32(42)25-10-8-20(14-27(25)35)18-38-28(17-23-6-3-4-12-36-23)29(40)16-21-15-22(34)9-11-24(21)31(38)41/h3-15,28H,16-19H2,1-2H3/t28-/m1/s1. The highest BCUT2D eigenvalue weighted by Gasteiger charge is 2.40.